The summed E-state index contributed by atoms with van der Waals surface area (Å²) in [6.45, 7) is 7.33. The van der Waals surface area contributed by atoms with Gasteiger partial charge in [0.2, 0.25) is 0 Å². The Balaban J connectivity index is 1.88. The molecule has 0 unspecified atom stereocenters. The first kappa shape index (κ1) is 23.4. The Morgan fingerprint density at radius 1 is 1.00 bits per heavy atom. The highest BCUT2D eigenvalue weighted by Crippen LogP contribution is 2.35. The minimum Gasteiger partial charge on any atom is -0.479 e. The molecule has 1 atom stereocenters. The van der Waals surface area contributed by atoms with Crippen LogP contribution in [-0.2, 0) is 9.53 Å². The van der Waals surface area contributed by atoms with Crippen molar-refractivity contribution in [2.45, 2.75) is 39.4 Å². The third-order valence-electron chi connectivity index (χ3n) is 5.45. The van der Waals surface area contributed by atoms with E-state index in [1.54, 1.807) is 4.52 Å². The molecule has 0 fully saturated rings. The number of ether oxygens (including phenoxy) is 1. The Hall–Kier alpha value is -3.71. The molecule has 7 nitrogen and oxygen atoms in total. The monoisotopic (exact) mass is 458 g/mol. The van der Waals surface area contributed by atoms with E-state index in [0.29, 0.717) is 22.7 Å². The topological polar surface area (TPSA) is 80.0 Å². The molecule has 0 spiro atoms. The number of carboxylic acid groups (broad SMARTS) is 1. The molecular formula is C27H30N4O3. The number of aromatic nitrogens is 3. The van der Waals surface area contributed by atoms with Gasteiger partial charge in [0, 0.05) is 31.4 Å². The van der Waals surface area contributed by atoms with E-state index in [0.717, 1.165) is 22.4 Å². The van der Waals surface area contributed by atoms with Crippen LogP contribution in [0, 0.1) is 6.92 Å². The van der Waals surface area contributed by atoms with Gasteiger partial charge in [-0.3, -0.25) is 0 Å². The average Bonchev–Trinajstić information content (AvgIpc) is 3.20. The maximum absolute atomic E-state index is 12.2. The molecule has 2 aromatic heterocycles. The average molecular weight is 459 g/mol. The number of carbonyl (C=O) groups is 1. The first-order valence-corrected chi connectivity index (χ1v) is 11.2. The highest BCUT2D eigenvalue weighted by Gasteiger charge is 2.33. The Morgan fingerprint density at radius 2 is 1.65 bits per heavy atom. The number of carboxylic acids is 1. The number of benzene rings is 2. The molecule has 0 aliphatic heterocycles. The summed E-state index contributed by atoms with van der Waals surface area (Å²) in [6.07, 6.45) is -1.18. The summed E-state index contributed by atoms with van der Waals surface area (Å²) < 4.78 is 7.66. The van der Waals surface area contributed by atoms with Crippen LogP contribution in [0.1, 0.15) is 38.1 Å². The molecule has 2 heterocycles. The van der Waals surface area contributed by atoms with Gasteiger partial charge >= 0.3 is 5.97 Å². The normalized spacial score (nSPS) is 12.6. The van der Waals surface area contributed by atoms with Gasteiger partial charge in [-0.15, -0.1) is 0 Å². The van der Waals surface area contributed by atoms with Crippen molar-refractivity contribution < 1.29 is 14.6 Å². The lowest BCUT2D eigenvalue weighted by Crippen LogP contribution is -2.30. The summed E-state index contributed by atoms with van der Waals surface area (Å²) in [5.41, 5.74) is 5.01. The molecule has 0 bridgehead atoms. The van der Waals surface area contributed by atoms with Gasteiger partial charge in [-0.25, -0.2) is 9.78 Å². The number of rotatable bonds is 6. The predicted octanol–water partition coefficient (Wildman–Crippen LogP) is 5.38. The van der Waals surface area contributed by atoms with Gasteiger partial charge in [-0.2, -0.15) is 9.61 Å². The number of aryl methyl sites for hydroxylation is 1. The van der Waals surface area contributed by atoms with Gasteiger partial charge in [0.1, 0.15) is 5.82 Å². The minimum atomic E-state index is -1.18. The van der Waals surface area contributed by atoms with Crippen molar-refractivity contribution in [3.05, 3.63) is 71.9 Å². The van der Waals surface area contributed by atoms with Crippen molar-refractivity contribution in [2.75, 3.05) is 19.0 Å². The highest BCUT2D eigenvalue weighted by atomic mass is 16.5. The van der Waals surface area contributed by atoms with Crippen molar-refractivity contribution >= 4 is 17.4 Å². The lowest BCUT2D eigenvalue weighted by atomic mass is 10.0. The predicted molar refractivity (Wildman–Crippen MR) is 134 cm³/mol. The number of nitrogens with zero attached hydrogens (tertiary/aromatic N) is 4. The van der Waals surface area contributed by atoms with Crippen molar-refractivity contribution in [2.24, 2.45) is 0 Å². The van der Waals surface area contributed by atoms with E-state index >= 15 is 0 Å². The first-order chi connectivity index (χ1) is 16.0. The molecule has 0 amide bonds. The van der Waals surface area contributed by atoms with E-state index in [1.807, 2.05) is 83.1 Å². The van der Waals surface area contributed by atoms with Gasteiger partial charge in [0.05, 0.1) is 16.9 Å². The zero-order valence-corrected chi connectivity index (χ0v) is 20.4. The first-order valence-electron chi connectivity index (χ1n) is 11.2. The Bertz CT molecular complexity index is 1340. The molecular weight excluding hydrogens is 428 g/mol. The molecule has 0 saturated heterocycles. The molecule has 0 saturated carbocycles. The van der Waals surface area contributed by atoms with E-state index in [2.05, 4.69) is 24.3 Å². The fourth-order valence-electron chi connectivity index (χ4n) is 4.07. The van der Waals surface area contributed by atoms with E-state index in [4.69, 9.17) is 14.8 Å². The van der Waals surface area contributed by atoms with Crippen LogP contribution in [0.15, 0.2) is 60.7 Å². The van der Waals surface area contributed by atoms with Gasteiger partial charge in [-0.1, -0.05) is 48.5 Å². The molecule has 0 aliphatic rings. The molecule has 0 radical (unpaired) electrons. The SMILES string of the molecule is Cc1nc2cc(-c3cccc(-c4ccccc4)c3)nn2c(N(C)C)c1[C@H](OC(C)(C)C)C(=O)O. The smallest absolute Gasteiger partial charge is 0.337 e. The van der Waals surface area contributed by atoms with Crippen LogP contribution in [0.2, 0.25) is 0 Å². The standard InChI is InChI=1S/C27H30N4O3/c1-17-23(24(26(32)33)34-27(2,3)4)25(30(5)6)31-22(28-17)16-21(29-31)20-14-10-13-19(15-20)18-11-8-7-9-12-18/h7-16,24H,1-6H3,(H,32,33)/t24-/m0/s1. The van der Waals surface area contributed by atoms with E-state index in [9.17, 15) is 9.90 Å². The Kier molecular flexibility index (Phi) is 6.15. The number of fused-ring (bicyclic) bond motifs is 1. The van der Waals surface area contributed by atoms with Gasteiger partial charge in [-0.05, 0) is 44.9 Å². The minimum absolute atomic E-state index is 0.493. The van der Waals surface area contributed by atoms with Crippen LogP contribution >= 0.6 is 0 Å². The number of aliphatic carboxylic acids is 1. The van der Waals surface area contributed by atoms with Crippen molar-refractivity contribution in [1.29, 1.82) is 0 Å². The number of hydrogen-bond acceptors (Lipinski definition) is 5. The largest absolute Gasteiger partial charge is 0.479 e. The third-order valence-corrected chi connectivity index (χ3v) is 5.45. The molecule has 2 aromatic carbocycles. The van der Waals surface area contributed by atoms with Gasteiger partial charge < -0.3 is 14.7 Å². The van der Waals surface area contributed by atoms with E-state index in [-0.39, 0.29) is 0 Å². The third kappa shape index (κ3) is 4.65. The van der Waals surface area contributed by atoms with Crippen molar-refractivity contribution in [3.8, 4) is 22.4 Å². The number of anilines is 1. The van der Waals surface area contributed by atoms with Crippen LogP contribution in [0.4, 0.5) is 5.82 Å². The highest BCUT2D eigenvalue weighted by molar-refractivity contribution is 5.79. The van der Waals surface area contributed by atoms with Gasteiger partial charge in [0.25, 0.3) is 0 Å². The van der Waals surface area contributed by atoms with Crippen LogP contribution in [-0.4, -0.2) is 45.4 Å². The summed E-state index contributed by atoms with van der Waals surface area (Å²) in [4.78, 5) is 18.8. The molecule has 4 rings (SSSR count). The van der Waals surface area contributed by atoms with Crippen LogP contribution in [0.25, 0.3) is 28.0 Å². The number of hydrogen-bond donors (Lipinski definition) is 1. The molecule has 176 valence electrons. The molecule has 34 heavy (non-hydrogen) atoms. The second-order valence-electron chi connectivity index (χ2n) is 9.52. The van der Waals surface area contributed by atoms with Crippen LogP contribution < -0.4 is 4.90 Å². The molecule has 4 aromatic rings. The molecule has 1 N–H and O–H groups in total. The summed E-state index contributed by atoms with van der Waals surface area (Å²) in [7, 11) is 3.73. The fraction of sp³-hybridized carbons (Fsp3) is 0.296. The lowest BCUT2D eigenvalue weighted by molar-refractivity contribution is -0.160. The van der Waals surface area contributed by atoms with E-state index in [1.165, 1.54) is 0 Å². The Labute approximate surface area is 199 Å². The lowest BCUT2D eigenvalue weighted by Gasteiger charge is -2.29. The van der Waals surface area contributed by atoms with Crippen molar-refractivity contribution in [3.63, 3.8) is 0 Å². The second kappa shape index (κ2) is 8.91. The zero-order chi connectivity index (χ0) is 24.6. The maximum atomic E-state index is 12.2. The fourth-order valence-corrected chi connectivity index (χ4v) is 4.07. The Morgan fingerprint density at radius 3 is 2.26 bits per heavy atom. The molecule has 0 aliphatic carbocycles. The van der Waals surface area contributed by atoms with E-state index < -0.39 is 17.7 Å². The van der Waals surface area contributed by atoms with Crippen LogP contribution in [0.5, 0.6) is 0 Å². The zero-order valence-electron chi connectivity index (χ0n) is 20.4. The van der Waals surface area contributed by atoms with Gasteiger partial charge in [0.15, 0.2) is 11.8 Å². The molecule has 7 heteroatoms. The summed E-state index contributed by atoms with van der Waals surface area (Å²) >= 11 is 0. The quantitative estimate of drug-likeness (QED) is 0.418. The van der Waals surface area contributed by atoms with Crippen molar-refractivity contribution in [1.82, 2.24) is 14.6 Å². The summed E-state index contributed by atoms with van der Waals surface area (Å²) in [5, 5.41) is 14.9. The second-order valence-corrected chi connectivity index (χ2v) is 9.52. The summed E-state index contributed by atoms with van der Waals surface area (Å²) in [6, 6.07) is 20.3. The summed E-state index contributed by atoms with van der Waals surface area (Å²) in [5.74, 6) is -0.435. The maximum Gasteiger partial charge on any atom is 0.337 e. The van der Waals surface area contributed by atoms with Crippen LogP contribution in [0.3, 0.4) is 0 Å².